The summed E-state index contributed by atoms with van der Waals surface area (Å²) < 4.78 is 0. The van der Waals surface area contributed by atoms with Gasteiger partial charge in [-0.3, -0.25) is 4.79 Å². The molecule has 0 aromatic heterocycles. The zero-order valence-corrected chi connectivity index (χ0v) is 11.3. The van der Waals surface area contributed by atoms with E-state index in [9.17, 15) is 4.79 Å². The number of nitrogens with two attached hydrogens (primary N) is 1. The Bertz CT molecular complexity index is 464. The predicted octanol–water partition coefficient (Wildman–Crippen LogP) is 1.74. The summed E-state index contributed by atoms with van der Waals surface area (Å²) in [5.41, 5.74) is 8.50. The highest BCUT2D eigenvalue weighted by molar-refractivity contribution is 5.97. The van der Waals surface area contributed by atoms with Crippen molar-refractivity contribution in [2.24, 2.45) is 11.1 Å². The molecular formula is C14H21N3O. The smallest absolute Gasteiger partial charge is 0.231 e. The van der Waals surface area contributed by atoms with E-state index >= 15 is 0 Å². The Labute approximate surface area is 108 Å². The van der Waals surface area contributed by atoms with Crippen LogP contribution < -0.4 is 16.0 Å². The van der Waals surface area contributed by atoms with Gasteiger partial charge in [0.05, 0.1) is 5.41 Å². The standard InChI is InChI=1S/C14H21N3O/c1-10-4-5-11(8-12(10)17(2)3)16-13(18)14(9-15)6-7-14/h4-5,8H,6-7,9,15H2,1-3H3,(H,16,18). The lowest BCUT2D eigenvalue weighted by Gasteiger charge is -2.18. The van der Waals surface area contributed by atoms with Crippen LogP contribution in [-0.4, -0.2) is 26.5 Å². The number of amides is 1. The third kappa shape index (κ3) is 2.34. The van der Waals surface area contributed by atoms with Gasteiger partial charge in [0.2, 0.25) is 5.91 Å². The van der Waals surface area contributed by atoms with Crippen molar-refractivity contribution >= 4 is 17.3 Å². The van der Waals surface area contributed by atoms with Crippen molar-refractivity contribution in [2.75, 3.05) is 30.9 Å². The lowest BCUT2D eigenvalue weighted by Crippen LogP contribution is -2.30. The lowest BCUT2D eigenvalue weighted by atomic mass is 10.1. The topological polar surface area (TPSA) is 58.4 Å². The molecule has 2 rings (SSSR count). The first-order valence-electron chi connectivity index (χ1n) is 6.28. The maximum absolute atomic E-state index is 12.1. The number of aryl methyl sites for hydroxylation is 1. The number of hydrogen-bond acceptors (Lipinski definition) is 3. The van der Waals surface area contributed by atoms with Crippen LogP contribution in [0.4, 0.5) is 11.4 Å². The zero-order chi connectivity index (χ0) is 13.3. The van der Waals surface area contributed by atoms with Crippen LogP contribution in [-0.2, 0) is 4.79 Å². The van der Waals surface area contributed by atoms with E-state index in [0.717, 1.165) is 24.2 Å². The molecule has 4 nitrogen and oxygen atoms in total. The van der Waals surface area contributed by atoms with E-state index in [1.54, 1.807) is 0 Å². The van der Waals surface area contributed by atoms with Gasteiger partial charge in [0.1, 0.15) is 0 Å². The number of carbonyl (C=O) groups is 1. The second kappa shape index (κ2) is 4.61. The first kappa shape index (κ1) is 12.9. The summed E-state index contributed by atoms with van der Waals surface area (Å²) in [5.74, 6) is 0.0542. The number of benzene rings is 1. The van der Waals surface area contributed by atoms with Crippen LogP contribution in [0.3, 0.4) is 0 Å². The largest absolute Gasteiger partial charge is 0.377 e. The van der Waals surface area contributed by atoms with Crippen LogP contribution in [0.5, 0.6) is 0 Å². The molecule has 18 heavy (non-hydrogen) atoms. The van der Waals surface area contributed by atoms with Crippen molar-refractivity contribution in [3.63, 3.8) is 0 Å². The summed E-state index contributed by atoms with van der Waals surface area (Å²) in [5, 5.41) is 2.97. The quantitative estimate of drug-likeness (QED) is 0.852. The third-order valence-electron chi connectivity index (χ3n) is 3.67. The van der Waals surface area contributed by atoms with Gasteiger partial charge < -0.3 is 16.0 Å². The molecule has 1 aromatic rings. The van der Waals surface area contributed by atoms with E-state index in [1.807, 2.05) is 37.2 Å². The molecule has 1 aliphatic rings. The summed E-state index contributed by atoms with van der Waals surface area (Å²) in [6.07, 6.45) is 1.81. The van der Waals surface area contributed by atoms with Crippen molar-refractivity contribution in [2.45, 2.75) is 19.8 Å². The maximum Gasteiger partial charge on any atom is 0.231 e. The Balaban J connectivity index is 2.15. The number of carbonyl (C=O) groups excluding carboxylic acids is 1. The molecule has 98 valence electrons. The van der Waals surface area contributed by atoms with Crippen molar-refractivity contribution in [3.05, 3.63) is 23.8 Å². The molecule has 1 amide bonds. The van der Waals surface area contributed by atoms with E-state index < -0.39 is 0 Å². The summed E-state index contributed by atoms with van der Waals surface area (Å²) in [4.78, 5) is 14.1. The van der Waals surface area contributed by atoms with E-state index in [1.165, 1.54) is 5.56 Å². The molecule has 0 radical (unpaired) electrons. The van der Waals surface area contributed by atoms with Gasteiger partial charge >= 0.3 is 0 Å². The van der Waals surface area contributed by atoms with Crippen LogP contribution in [0.1, 0.15) is 18.4 Å². The molecule has 1 aliphatic carbocycles. The minimum absolute atomic E-state index is 0.0542. The number of anilines is 2. The van der Waals surface area contributed by atoms with Crippen molar-refractivity contribution in [1.82, 2.24) is 0 Å². The maximum atomic E-state index is 12.1. The fourth-order valence-electron chi connectivity index (χ4n) is 2.11. The van der Waals surface area contributed by atoms with Crippen LogP contribution in [0.2, 0.25) is 0 Å². The van der Waals surface area contributed by atoms with Gasteiger partial charge in [-0.25, -0.2) is 0 Å². The molecule has 0 saturated heterocycles. The highest BCUT2D eigenvalue weighted by Crippen LogP contribution is 2.45. The van der Waals surface area contributed by atoms with Crippen LogP contribution in [0, 0.1) is 12.3 Å². The molecule has 1 fully saturated rings. The van der Waals surface area contributed by atoms with E-state index in [4.69, 9.17) is 5.73 Å². The van der Waals surface area contributed by atoms with E-state index in [-0.39, 0.29) is 11.3 Å². The SMILES string of the molecule is Cc1ccc(NC(=O)C2(CN)CC2)cc1N(C)C. The summed E-state index contributed by atoms with van der Waals surface area (Å²) in [7, 11) is 3.99. The van der Waals surface area contributed by atoms with Crippen molar-refractivity contribution < 1.29 is 4.79 Å². The molecule has 1 saturated carbocycles. The van der Waals surface area contributed by atoms with Gasteiger partial charge in [0.15, 0.2) is 0 Å². The Kier molecular flexibility index (Phi) is 3.30. The molecule has 1 aromatic carbocycles. The average molecular weight is 247 g/mol. The van der Waals surface area contributed by atoms with Gasteiger partial charge in [0, 0.05) is 32.0 Å². The molecule has 0 spiro atoms. The molecule has 3 N–H and O–H groups in total. The van der Waals surface area contributed by atoms with Gasteiger partial charge in [-0.1, -0.05) is 6.07 Å². The predicted molar refractivity (Wildman–Crippen MR) is 74.9 cm³/mol. The Morgan fingerprint density at radius 3 is 2.61 bits per heavy atom. The molecule has 0 aliphatic heterocycles. The number of nitrogens with zero attached hydrogens (tertiary/aromatic N) is 1. The van der Waals surface area contributed by atoms with Crippen LogP contribution in [0.25, 0.3) is 0 Å². The molecule has 4 heteroatoms. The first-order valence-corrected chi connectivity index (χ1v) is 6.28. The number of nitrogens with one attached hydrogen (secondary N) is 1. The summed E-state index contributed by atoms with van der Waals surface area (Å²) in [6.45, 7) is 2.49. The van der Waals surface area contributed by atoms with Gasteiger partial charge in [-0.15, -0.1) is 0 Å². The first-order chi connectivity index (χ1) is 8.48. The second-order valence-corrected chi connectivity index (χ2v) is 5.33. The Morgan fingerprint density at radius 1 is 1.44 bits per heavy atom. The van der Waals surface area contributed by atoms with Gasteiger partial charge in [-0.2, -0.15) is 0 Å². The van der Waals surface area contributed by atoms with Gasteiger partial charge in [0.25, 0.3) is 0 Å². The fourth-order valence-corrected chi connectivity index (χ4v) is 2.11. The normalized spacial score (nSPS) is 16.2. The fraction of sp³-hybridized carbons (Fsp3) is 0.500. The highest BCUT2D eigenvalue weighted by Gasteiger charge is 2.48. The minimum Gasteiger partial charge on any atom is -0.377 e. The molecule has 0 unspecified atom stereocenters. The number of rotatable bonds is 4. The molecule has 0 atom stereocenters. The highest BCUT2D eigenvalue weighted by atomic mass is 16.2. The van der Waals surface area contributed by atoms with Crippen LogP contribution >= 0.6 is 0 Å². The minimum atomic E-state index is -0.302. The summed E-state index contributed by atoms with van der Waals surface area (Å²) in [6, 6.07) is 5.96. The van der Waals surface area contributed by atoms with Crippen molar-refractivity contribution in [1.29, 1.82) is 0 Å². The van der Waals surface area contributed by atoms with Gasteiger partial charge in [-0.05, 0) is 37.5 Å². The van der Waals surface area contributed by atoms with Crippen molar-refractivity contribution in [3.8, 4) is 0 Å². The second-order valence-electron chi connectivity index (χ2n) is 5.33. The van der Waals surface area contributed by atoms with E-state index in [0.29, 0.717) is 6.54 Å². The monoisotopic (exact) mass is 247 g/mol. The summed E-state index contributed by atoms with van der Waals surface area (Å²) >= 11 is 0. The molecular weight excluding hydrogens is 226 g/mol. The van der Waals surface area contributed by atoms with E-state index in [2.05, 4.69) is 12.2 Å². The number of hydrogen-bond donors (Lipinski definition) is 2. The molecule has 0 bridgehead atoms. The Morgan fingerprint density at radius 2 is 2.11 bits per heavy atom. The van der Waals surface area contributed by atoms with Crippen LogP contribution in [0.15, 0.2) is 18.2 Å². The lowest BCUT2D eigenvalue weighted by molar-refractivity contribution is -0.120. The third-order valence-corrected chi connectivity index (χ3v) is 3.67. The average Bonchev–Trinajstić information content (AvgIpc) is 3.12. The molecule has 0 heterocycles. The zero-order valence-electron chi connectivity index (χ0n) is 11.3. The Hall–Kier alpha value is -1.55.